The molecule has 3 heterocycles. The number of nitrogens with zero attached hydrogens (tertiary/aromatic N) is 6. The second-order valence-corrected chi connectivity index (χ2v) is 12.1. The molecule has 224 valence electrons. The fourth-order valence-electron chi connectivity index (χ4n) is 5.09. The summed E-state index contributed by atoms with van der Waals surface area (Å²) in [5, 5.41) is 12.5. The number of likely N-dealkylation sites (N-methyl/N-ethyl adjacent to an activating group) is 1. The van der Waals surface area contributed by atoms with E-state index in [4.69, 9.17) is 4.98 Å². The number of aromatic nitrogens is 5. The Morgan fingerprint density at radius 3 is 2.63 bits per heavy atom. The number of anilines is 3. The summed E-state index contributed by atoms with van der Waals surface area (Å²) in [6.07, 6.45) is 8.19. The summed E-state index contributed by atoms with van der Waals surface area (Å²) in [6.45, 7) is 11.1. The Bertz CT molecular complexity index is 1910. The summed E-state index contributed by atoms with van der Waals surface area (Å²) in [5.74, 6) is 0.0594. The highest BCUT2D eigenvalue weighted by molar-refractivity contribution is 7.90. The van der Waals surface area contributed by atoms with Crippen LogP contribution in [0.1, 0.15) is 27.7 Å². The maximum absolute atomic E-state index is 12.8. The van der Waals surface area contributed by atoms with Gasteiger partial charge in [-0.05, 0) is 57.3 Å². The van der Waals surface area contributed by atoms with Crippen molar-refractivity contribution < 1.29 is 13.2 Å². The molecule has 1 amide bonds. The third-order valence-corrected chi connectivity index (χ3v) is 8.99. The molecular formula is C31H36N8O3S. The quantitative estimate of drug-likeness (QED) is 0.186. The zero-order valence-corrected chi connectivity index (χ0v) is 25.6. The van der Waals surface area contributed by atoms with Crippen LogP contribution in [-0.2, 0) is 21.4 Å². The standard InChI is InChI=1S/C31H36N8O3S/c1-5-11-29(40)35-27-19-23(18-22-20-33-38(30(22)27)17-16-37(6-2)7-3)34-31-32-15-14-26(36-31)25-21-39(43(41,42)8-4)28-13-10-9-12-24(25)28/h5,9-15,18-21H,6-8,16-17H2,1-4H3,(H,35,40)(H,32,34,36)/b11-5+. The zero-order chi connectivity index (χ0) is 30.6. The van der Waals surface area contributed by atoms with E-state index in [0.717, 1.165) is 35.9 Å². The van der Waals surface area contributed by atoms with Gasteiger partial charge in [0.15, 0.2) is 0 Å². The highest BCUT2D eigenvalue weighted by Gasteiger charge is 2.19. The predicted octanol–water partition coefficient (Wildman–Crippen LogP) is 5.25. The highest BCUT2D eigenvalue weighted by Crippen LogP contribution is 2.33. The molecule has 43 heavy (non-hydrogen) atoms. The van der Waals surface area contributed by atoms with Crippen molar-refractivity contribution in [3.05, 3.63) is 73.2 Å². The fourth-order valence-corrected chi connectivity index (χ4v) is 6.10. The van der Waals surface area contributed by atoms with Gasteiger partial charge in [0.05, 0.1) is 40.9 Å². The molecule has 0 bridgehead atoms. The van der Waals surface area contributed by atoms with Crippen LogP contribution in [0, 0.1) is 0 Å². The largest absolute Gasteiger partial charge is 0.324 e. The van der Waals surface area contributed by atoms with Crippen molar-refractivity contribution >= 4 is 55.1 Å². The van der Waals surface area contributed by atoms with Gasteiger partial charge < -0.3 is 15.5 Å². The first-order valence-corrected chi connectivity index (χ1v) is 16.0. The van der Waals surface area contributed by atoms with Gasteiger partial charge >= 0.3 is 0 Å². The number of hydrogen-bond donors (Lipinski definition) is 2. The van der Waals surface area contributed by atoms with Gasteiger partial charge in [-0.25, -0.2) is 22.4 Å². The Morgan fingerprint density at radius 1 is 1.09 bits per heavy atom. The lowest BCUT2D eigenvalue weighted by atomic mass is 10.1. The topological polar surface area (TPSA) is 127 Å². The summed E-state index contributed by atoms with van der Waals surface area (Å²) < 4.78 is 28.8. The molecule has 0 aliphatic rings. The summed E-state index contributed by atoms with van der Waals surface area (Å²) in [5.41, 5.74) is 3.96. The molecule has 12 heteroatoms. The van der Waals surface area contributed by atoms with Crippen LogP contribution >= 0.6 is 0 Å². The molecule has 0 aliphatic heterocycles. The third kappa shape index (κ3) is 6.30. The van der Waals surface area contributed by atoms with E-state index in [2.05, 4.69) is 39.5 Å². The predicted molar refractivity (Wildman–Crippen MR) is 172 cm³/mol. The van der Waals surface area contributed by atoms with Crippen molar-refractivity contribution in [1.29, 1.82) is 0 Å². The van der Waals surface area contributed by atoms with E-state index in [-0.39, 0.29) is 11.7 Å². The number of para-hydroxylation sites is 1. The fraction of sp³-hybridized carbons (Fsp3) is 0.290. The molecule has 0 saturated carbocycles. The van der Waals surface area contributed by atoms with E-state index in [1.54, 1.807) is 50.6 Å². The van der Waals surface area contributed by atoms with Crippen LogP contribution in [0.4, 0.5) is 17.3 Å². The number of hydrogen-bond acceptors (Lipinski definition) is 8. The number of carbonyl (C=O) groups is 1. The second kappa shape index (κ2) is 12.8. The van der Waals surface area contributed by atoms with Crippen molar-refractivity contribution in [1.82, 2.24) is 28.6 Å². The molecular weight excluding hydrogens is 564 g/mol. The molecule has 0 spiro atoms. The first kappa shape index (κ1) is 29.9. The monoisotopic (exact) mass is 600 g/mol. The Kier molecular flexibility index (Phi) is 8.88. The second-order valence-electron chi connectivity index (χ2n) is 9.99. The van der Waals surface area contributed by atoms with Crippen LogP contribution in [0.5, 0.6) is 0 Å². The van der Waals surface area contributed by atoms with Gasteiger partial charge in [0.1, 0.15) is 0 Å². The smallest absolute Gasteiger partial charge is 0.248 e. The van der Waals surface area contributed by atoms with E-state index >= 15 is 0 Å². The van der Waals surface area contributed by atoms with Crippen LogP contribution in [0.3, 0.4) is 0 Å². The molecule has 5 rings (SSSR count). The normalized spacial score (nSPS) is 12.1. The average Bonchev–Trinajstić information content (AvgIpc) is 3.60. The van der Waals surface area contributed by atoms with Gasteiger partial charge in [-0.2, -0.15) is 5.10 Å². The molecule has 0 unspecified atom stereocenters. The van der Waals surface area contributed by atoms with Gasteiger partial charge in [-0.3, -0.25) is 9.48 Å². The number of allylic oxidation sites excluding steroid dienone is 1. The van der Waals surface area contributed by atoms with Crippen LogP contribution in [0.2, 0.25) is 0 Å². The number of fused-ring (bicyclic) bond motifs is 2. The SMILES string of the molecule is C/C=C/C(=O)Nc1cc(Nc2nccc(-c3cn(S(=O)(=O)CC)c4ccccc34)n2)cc2cnn(CCN(CC)CC)c12. The average molecular weight is 601 g/mol. The number of amides is 1. The maximum Gasteiger partial charge on any atom is 0.248 e. The first-order valence-electron chi connectivity index (χ1n) is 14.4. The maximum atomic E-state index is 12.8. The van der Waals surface area contributed by atoms with Crippen LogP contribution in [-0.4, -0.2) is 68.3 Å². The molecule has 0 saturated heterocycles. The number of benzene rings is 2. The number of nitrogens with one attached hydrogen (secondary N) is 2. The third-order valence-electron chi connectivity index (χ3n) is 7.36. The van der Waals surface area contributed by atoms with E-state index in [9.17, 15) is 13.2 Å². The van der Waals surface area contributed by atoms with Gasteiger partial charge in [-0.15, -0.1) is 0 Å². The molecule has 0 radical (unpaired) electrons. The van der Waals surface area contributed by atoms with E-state index in [0.29, 0.717) is 40.6 Å². The highest BCUT2D eigenvalue weighted by atomic mass is 32.2. The van der Waals surface area contributed by atoms with E-state index < -0.39 is 10.0 Å². The Hall–Kier alpha value is -4.55. The molecule has 11 nitrogen and oxygen atoms in total. The Morgan fingerprint density at radius 2 is 1.88 bits per heavy atom. The van der Waals surface area contributed by atoms with E-state index in [1.807, 2.05) is 35.0 Å². The lowest BCUT2D eigenvalue weighted by molar-refractivity contribution is -0.111. The minimum atomic E-state index is -3.51. The first-order chi connectivity index (χ1) is 20.8. The number of rotatable bonds is 12. The van der Waals surface area contributed by atoms with Crippen LogP contribution in [0.15, 0.2) is 73.2 Å². The Labute approximate surface area is 251 Å². The van der Waals surface area contributed by atoms with Crippen molar-refractivity contribution in [3.8, 4) is 11.3 Å². The lowest BCUT2D eigenvalue weighted by Crippen LogP contribution is -2.27. The molecule has 3 aromatic heterocycles. The summed E-state index contributed by atoms with van der Waals surface area (Å²) in [6, 6.07) is 12.9. The van der Waals surface area contributed by atoms with E-state index in [1.165, 1.54) is 10.0 Å². The van der Waals surface area contributed by atoms with Gasteiger partial charge in [-0.1, -0.05) is 38.1 Å². The molecule has 0 aliphatic carbocycles. The molecule has 2 aromatic carbocycles. The number of carbonyl (C=O) groups excluding carboxylic acids is 1. The van der Waals surface area contributed by atoms with Crippen LogP contribution in [0.25, 0.3) is 33.1 Å². The van der Waals surface area contributed by atoms with Crippen molar-refractivity contribution in [3.63, 3.8) is 0 Å². The van der Waals surface area contributed by atoms with Gasteiger partial charge in [0.2, 0.25) is 21.9 Å². The molecule has 2 N–H and O–H groups in total. The molecule has 0 atom stereocenters. The molecule has 5 aromatic rings. The van der Waals surface area contributed by atoms with Gasteiger partial charge in [0.25, 0.3) is 0 Å². The van der Waals surface area contributed by atoms with Crippen molar-refractivity contribution in [2.45, 2.75) is 34.2 Å². The Balaban J connectivity index is 1.52. The minimum absolute atomic E-state index is 0.0247. The van der Waals surface area contributed by atoms with Crippen molar-refractivity contribution in [2.24, 2.45) is 0 Å². The zero-order valence-electron chi connectivity index (χ0n) is 24.8. The molecule has 0 fully saturated rings. The van der Waals surface area contributed by atoms with Crippen molar-refractivity contribution in [2.75, 3.05) is 36.0 Å². The minimum Gasteiger partial charge on any atom is -0.324 e. The van der Waals surface area contributed by atoms with Crippen LogP contribution < -0.4 is 10.6 Å². The summed E-state index contributed by atoms with van der Waals surface area (Å²) in [4.78, 5) is 24.1. The lowest BCUT2D eigenvalue weighted by Gasteiger charge is -2.18. The summed E-state index contributed by atoms with van der Waals surface area (Å²) in [7, 11) is -3.51. The van der Waals surface area contributed by atoms with Gasteiger partial charge in [0, 0.05) is 41.0 Å². The summed E-state index contributed by atoms with van der Waals surface area (Å²) >= 11 is 0.